The van der Waals surface area contributed by atoms with Crippen molar-refractivity contribution in [1.29, 1.82) is 5.26 Å². The number of ether oxygens (including phenoxy) is 2. The molecule has 0 N–H and O–H groups in total. The van der Waals surface area contributed by atoms with Crippen molar-refractivity contribution in [2.45, 2.75) is 52.7 Å². The minimum Gasteiger partial charge on any atom is -0.493 e. The summed E-state index contributed by atoms with van der Waals surface area (Å²) < 4.78 is 27.2. The Balaban J connectivity index is 1.95. The van der Waals surface area contributed by atoms with E-state index in [0.717, 1.165) is 39.8 Å². The predicted molar refractivity (Wildman–Crippen MR) is 138 cm³/mol. The van der Waals surface area contributed by atoms with Gasteiger partial charge in [-0.15, -0.1) is 0 Å². The zero-order valence-corrected chi connectivity index (χ0v) is 21.0. The van der Waals surface area contributed by atoms with Crippen molar-refractivity contribution in [3.05, 3.63) is 70.7 Å². The number of nitriles is 1. The summed E-state index contributed by atoms with van der Waals surface area (Å²) in [7, 11) is 0. The fraction of sp³-hybridized carbons (Fsp3) is 0.300. The van der Waals surface area contributed by atoms with Gasteiger partial charge in [0.15, 0.2) is 5.78 Å². The van der Waals surface area contributed by atoms with E-state index in [1.807, 2.05) is 58.0 Å². The van der Waals surface area contributed by atoms with Crippen LogP contribution in [0.4, 0.5) is 4.39 Å². The molecule has 1 atom stereocenters. The molecular formula is C30H27FN2O3. The minimum absolute atomic E-state index is 0.0296. The van der Waals surface area contributed by atoms with E-state index in [9.17, 15) is 10.1 Å². The second kappa shape index (κ2) is 8.69. The van der Waals surface area contributed by atoms with Gasteiger partial charge in [-0.05, 0) is 98.0 Å². The molecule has 4 aromatic rings. The van der Waals surface area contributed by atoms with E-state index in [4.69, 9.17) is 14.5 Å². The molecule has 5 nitrogen and oxygen atoms in total. The van der Waals surface area contributed by atoms with Gasteiger partial charge in [0.05, 0.1) is 23.3 Å². The number of nitrogens with zero attached hydrogens (tertiary/aromatic N) is 2. The Morgan fingerprint density at radius 3 is 2.69 bits per heavy atom. The first-order valence-electron chi connectivity index (χ1n) is 12.0. The predicted octanol–water partition coefficient (Wildman–Crippen LogP) is 6.75. The Morgan fingerprint density at radius 1 is 1.22 bits per heavy atom. The molecule has 0 saturated heterocycles. The highest BCUT2D eigenvalue weighted by Crippen LogP contribution is 2.45. The lowest BCUT2D eigenvalue weighted by Crippen LogP contribution is -2.27. The Bertz CT molecular complexity index is 1580. The summed E-state index contributed by atoms with van der Waals surface area (Å²) >= 11 is 0. The fourth-order valence-electron chi connectivity index (χ4n) is 5.10. The van der Waals surface area contributed by atoms with E-state index < -0.39 is 17.5 Å². The number of benzene rings is 3. The van der Waals surface area contributed by atoms with Crippen LogP contribution >= 0.6 is 0 Å². The lowest BCUT2D eigenvalue weighted by molar-refractivity contribution is -0.138. The zero-order chi connectivity index (χ0) is 25.8. The molecule has 0 saturated carbocycles. The number of fused-ring (bicyclic) bond motifs is 1. The smallest absolute Gasteiger partial charge is 0.163 e. The Labute approximate surface area is 209 Å². The van der Waals surface area contributed by atoms with Crippen LogP contribution < -0.4 is 4.74 Å². The van der Waals surface area contributed by atoms with Crippen LogP contribution in [0.3, 0.4) is 0 Å². The fourth-order valence-corrected chi connectivity index (χ4v) is 5.10. The minimum atomic E-state index is -0.870. The van der Waals surface area contributed by atoms with Gasteiger partial charge in [0, 0.05) is 23.6 Å². The van der Waals surface area contributed by atoms with Crippen LogP contribution in [0.15, 0.2) is 42.6 Å². The highest BCUT2D eigenvalue weighted by atomic mass is 19.1. The number of pyridine rings is 1. The van der Waals surface area contributed by atoms with E-state index in [1.165, 1.54) is 13.0 Å². The summed E-state index contributed by atoms with van der Waals surface area (Å²) in [4.78, 5) is 17.7. The topological polar surface area (TPSA) is 72.2 Å². The molecule has 0 radical (unpaired) electrons. The van der Waals surface area contributed by atoms with Crippen LogP contribution in [-0.2, 0) is 16.0 Å². The third kappa shape index (κ3) is 4.00. The van der Waals surface area contributed by atoms with Crippen molar-refractivity contribution in [3.8, 4) is 22.9 Å². The van der Waals surface area contributed by atoms with Crippen molar-refractivity contribution < 1.29 is 18.7 Å². The summed E-state index contributed by atoms with van der Waals surface area (Å²) in [6, 6.07) is 12.6. The van der Waals surface area contributed by atoms with Gasteiger partial charge in [-0.2, -0.15) is 5.26 Å². The van der Waals surface area contributed by atoms with Crippen LogP contribution in [0, 0.1) is 24.1 Å². The average molecular weight is 483 g/mol. The van der Waals surface area contributed by atoms with Crippen LogP contribution in [0.25, 0.3) is 32.8 Å². The number of carbonyl (C=O) groups is 1. The van der Waals surface area contributed by atoms with Crippen LogP contribution in [-0.4, -0.2) is 23.0 Å². The maximum Gasteiger partial charge on any atom is 0.163 e. The number of rotatable bonds is 4. The number of aromatic nitrogens is 1. The lowest BCUT2D eigenvalue weighted by atomic mass is 9.84. The van der Waals surface area contributed by atoms with Gasteiger partial charge in [-0.3, -0.25) is 9.78 Å². The molecule has 6 heteroatoms. The van der Waals surface area contributed by atoms with Gasteiger partial charge in [-0.25, -0.2) is 4.39 Å². The summed E-state index contributed by atoms with van der Waals surface area (Å²) in [5.74, 6) is -0.00780. The molecule has 3 aromatic carbocycles. The maximum absolute atomic E-state index is 15.0. The maximum atomic E-state index is 15.0. The molecule has 1 aliphatic rings. The molecule has 2 heterocycles. The van der Waals surface area contributed by atoms with Gasteiger partial charge in [-0.1, -0.05) is 6.07 Å². The quantitative estimate of drug-likeness (QED) is 0.322. The summed E-state index contributed by atoms with van der Waals surface area (Å²) in [6.45, 7) is 9.72. The third-order valence-electron chi connectivity index (χ3n) is 6.54. The molecule has 182 valence electrons. The molecule has 1 aromatic heterocycles. The number of hydrogen-bond acceptors (Lipinski definition) is 5. The van der Waals surface area contributed by atoms with Crippen LogP contribution in [0.1, 0.15) is 56.1 Å². The van der Waals surface area contributed by atoms with E-state index in [0.29, 0.717) is 28.5 Å². The van der Waals surface area contributed by atoms with Crippen molar-refractivity contribution in [2.24, 2.45) is 0 Å². The van der Waals surface area contributed by atoms with Gasteiger partial charge >= 0.3 is 0 Å². The number of halogens is 1. The van der Waals surface area contributed by atoms with Gasteiger partial charge in [0.25, 0.3) is 0 Å². The van der Waals surface area contributed by atoms with E-state index >= 15 is 4.39 Å². The van der Waals surface area contributed by atoms with Crippen LogP contribution in [0.2, 0.25) is 0 Å². The lowest BCUT2D eigenvalue weighted by Gasteiger charge is -2.30. The molecule has 0 unspecified atom stereocenters. The Hall–Kier alpha value is -3.82. The zero-order valence-electron chi connectivity index (χ0n) is 21.0. The number of aryl methyl sites for hydroxylation is 1. The highest BCUT2D eigenvalue weighted by molar-refractivity contribution is 6.09. The molecule has 0 spiro atoms. The first-order valence-corrected chi connectivity index (χ1v) is 12.0. The van der Waals surface area contributed by atoms with Crippen molar-refractivity contribution in [3.63, 3.8) is 0 Å². The van der Waals surface area contributed by atoms with Gasteiger partial charge in [0.2, 0.25) is 0 Å². The number of ketones is 1. The first kappa shape index (κ1) is 23.9. The molecule has 5 rings (SSSR count). The molecule has 0 fully saturated rings. The summed E-state index contributed by atoms with van der Waals surface area (Å²) in [5, 5.41) is 11.7. The monoisotopic (exact) mass is 482 g/mol. The summed E-state index contributed by atoms with van der Waals surface area (Å²) in [5.41, 5.74) is 4.16. The summed E-state index contributed by atoms with van der Waals surface area (Å²) in [6.07, 6.45) is 1.67. The largest absolute Gasteiger partial charge is 0.493 e. The molecule has 0 amide bonds. The second-order valence-electron chi connectivity index (χ2n) is 10.3. The Morgan fingerprint density at radius 2 is 2.00 bits per heavy atom. The van der Waals surface area contributed by atoms with Gasteiger partial charge < -0.3 is 9.47 Å². The first-order chi connectivity index (χ1) is 17.1. The van der Waals surface area contributed by atoms with Crippen molar-refractivity contribution in [2.75, 3.05) is 6.61 Å². The van der Waals surface area contributed by atoms with Crippen molar-refractivity contribution in [1.82, 2.24) is 4.98 Å². The van der Waals surface area contributed by atoms with E-state index in [1.54, 1.807) is 12.3 Å². The molecule has 0 aliphatic carbocycles. The van der Waals surface area contributed by atoms with E-state index in [2.05, 4.69) is 0 Å². The van der Waals surface area contributed by atoms with Crippen molar-refractivity contribution >= 4 is 27.5 Å². The molecular weight excluding hydrogens is 455 g/mol. The average Bonchev–Trinajstić information content (AvgIpc) is 2.82. The number of carbonyl (C=O) groups excluding carboxylic acids is 1. The van der Waals surface area contributed by atoms with E-state index in [-0.39, 0.29) is 11.3 Å². The highest BCUT2D eigenvalue weighted by Gasteiger charge is 2.31. The molecule has 1 aliphatic heterocycles. The SMILES string of the molecule is CC(=O)[C@@H](OC(C)(C)C)c1c(C)cc2cc(C#N)c(F)cc2c1-c1ccc2c3c(ccnc13)CCO2. The standard InChI is InChI=1S/C30H27FN2O3/c1-16-12-19-13-20(15-32)23(31)14-22(19)27(25(16)29(17(2)34)36-30(3,4)5)21-6-7-24-26-18(9-11-35-24)8-10-33-28(21)26/h6-8,10,12-14,29H,9,11H2,1-5H3/t29-/m1/s1. The third-order valence-corrected chi connectivity index (χ3v) is 6.54. The second-order valence-corrected chi connectivity index (χ2v) is 10.3. The Kier molecular flexibility index (Phi) is 5.77. The molecule has 0 bridgehead atoms. The molecule has 36 heavy (non-hydrogen) atoms. The van der Waals surface area contributed by atoms with Crippen LogP contribution in [0.5, 0.6) is 5.75 Å². The normalized spacial score (nSPS) is 13.9. The number of Topliss-reactive ketones (excluding diaryl/α,β-unsaturated/α-hetero) is 1. The number of hydrogen-bond donors (Lipinski definition) is 0. The van der Waals surface area contributed by atoms with Gasteiger partial charge in [0.1, 0.15) is 23.7 Å².